The number of hydrogen-bond acceptors (Lipinski definition) is 1. The lowest BCUT2D eigenvalue weighted by molar-refractivity contribution is 0.108. The molecule has 2 rings (SSSR count). The first-order chi connectivity index (χ1) is 8.47. The third kappa shape index (κ3) is 2.83. The van der Waals surface area contributed by atoms with Crippen molar-refractivity contribution in [3.63, 3.8) is 0 Å². The van der Waals surface area contributed by atoms with Crippen molar-refractivity contribution in [2.45, 2.75) is 0 Å². The molecule has 0 spiro atoms. The summed E-state index contributed by atoms with van der Waals surface area (Å²) in [4.78, 5) is 11.3. The summed E-state index contributed by atoms with van der Waals surface area (Å²) < 4.78 is 13.1. The van der Waals surface area contributed by atoms with Gasteiger partial charge in [-0.2, -0.15) is 0 Å². The highest BCUT2D eigenvalue weighted by molar-refractivity contribution is 6.68. The van der Waals surface area contributed by atoms with E-state index in [1.165, 1.54) is 12.1 Å². The van der Waals surface area contributed by atoms with Gasteiger partial charge in [0.1, 0.15) is 5.82 Å². The van der Waals surface area contributed by atoms with E-state index in [4.69, 9.17) is 34.8 Å². The molecule has 1 nitrogen and oxygen atoms in total. The Kier molecular flexibility index (Phi) is 3.91. The van der Waals surface area contributed by atoms with Crippen molar-refractivity contribution in [3.05, 3.63) is 57.8 Å². The van der Waals surface area contributed by atoms with E-state index in [0.717, 1.165) is 6.07 Å². The summed E-state index contributed by atoms with van der Waals surface area (Å²) in [6, 6.07) is 8.62. The SMILES string of the molecule is O=C(Cl)c1cc(F)ccc1-c1cc(Cl)cc(Cl)c1. The largest absolute Gasteiger partial charge is 0.276 e. The van der Waals surface area contributed by atoms with Crippen molar-refractivity contribution < 1.29 is 9.18 Å². The minimum absolute atomic E-state index is 0.0787. The second-order valence-electron chi connectivity index (χ2n) is 3.62. The van der Waals surface area contributed by atoms with Crippen LogP contribution in [0, 0.1) is 5.82 Å². The van der Waals surface area contributed by atoms with E-state index in [1.807, 2.05) is 0 Å². The average molecular weight is 304 g/mol. The highest BCUT2D eigenvalue weighted by atomic mass is 35.5. The Morgan fingerprint density at radius 1 is 1.00 bits per heavy atom. The lowest BCUT2D eigenvalue weighted by Gasteiger charge is -2.07. The lowest BCUT2D eigenvalue weighted by atomic mass is 10.0. The van der Waals surface area contributed by atoms with Crippen LogP contribution in [-0.2, 0) is 0 Å². The Morgan fingerprint density at radius 2 is 1.61 bits per heavy atom. The van der Waals surface area contributed by atoms with Crippen molar-refractivity contribution in [1.82, 2.24) is 0 Å². The maximum absolute atomic E-state index is 13.1. The van der Waals surface area contributed by atoms with Crippen molar-refractivity contribution in [3.8, 4) is 11.1 Å². The van der Waals surface area contributed by atoms with Crippen molar-refractivity contribution >= 4 is 40.0 Å². The molecule has 0 radical (unpaired) electrons. The molecule has 2 aromatic rings. The molecule has 0 aliphatic heterocycles. The summed E-state index contributed by atoms with van der Waals surface area (Å²) in [5.74, 6) is -0.532. The van der Waals surface area contributed by atoms with Gasteiger partial charge in [0.05, 0.1) is 0 Å². The maximum Gasteiger partial charge on any atom is 0.253 e. The third-order valence-electron chi connectivity index (χ3n) is 2.37. The zero-order valence-corrected chi connectivity index (χ0v) is 11.2. The fraction of sp³-hybridized carbons (Fsp3) is 0. The first-order valence-electron chi connectivity index (χ1n) is 4.93. The van der Waals surface area contributed by atoms with Gasteiger partial charge in [-0.1, -0.05) is 29.3 Å². The Hall–Kier alpha value is -1.09. The number of carbonyl (C=O) groups is 1. The van der Waals surface area contributed by atoms with E-state index >= 15 is 0 Å². The highest BCUT2D eigenvalue weighted by Gasteiger charge is 2.13. The number of carbonyl (C=O) groups excluding carboxylic acids is 1. The van der Waals surface area contributed by atoms with Crippen LogP contribution in [0.15, 0.2) is 36.4 Å². The molecule has 0 saturated heterocycles. The second-order valence-corrected chi connectivity index (χ2v) is 4.84. The fourth-order valence-corrected chi connectivity index (χ4v) is 2.32. The molecule has 18 heavy (non-hydrogen) atoms. The number of halogens is 4. The van der Waals surface area contributed by atoms with Crippen LogP contribution in [0.5, 0.6) is 0 Å². The standard InChI is InChI=1S/C13H6Cl3FO/c14-8-3-7(4-9(15)5-8)11-2-1-10(17)6-12(11)13(16)18/h1-6H. The molecule has 0 aliphatic rings. The fourth-order valence-electron chi connectivity index (χ4n) is 1.64. The molecule has 0 heterocycles. The molecule has 0 aromatic heterocycles. The summed E-state index contributed by atoms with van der Waals surface area (Å²) in [5.41, 5.74) is 1.17. The van der Waals surface area contributed by atoms with Crippen LogP contribution >= 0.6 is 34.8 Å². The van der Waals surface area contributed by atoms with Crippen molar-refractivity contribution in [2.24, 2.45) is 0 Å². The number of benzene rings is 2. The highest BCUT2D eigenvalue weighted by Crippen LogP contribution is 2.30. The predicted octanol–water partition coefficient (Wildman–Crippen LogP) is 5.18. The van der Waals surface area contributed by atoms with Gasteiger partial charge in [-0.15, -0.1) is 0 Å². The molecule has 5 heteroatoms. The Balaban J connectivity index is 2.66. The molecule has 0 unspecified atom stereocenters. The van der Waals surface area contributed by atoms with Gasteiger partial charge in [0.2, 0.25) is 0 Å². The molecule has 0 amide bonds. The first-order valence-corrected chi connectivity index (χ1v) is 6.06. The second kappa shape index (κ2) is 5.27. The Bertz CT molecular complexity index is 605. The number of rotatable bonds is 2. The van der Waals surface area contributed by atoms with E-state index in [1.54, 1.807) is 18.2 Å². The van der Waals surface area contributed by atoms with Gasteiger partial charge in [-0.25, -0.2) is 4.39 Å². The topological polar surface area (TPSA) is 17.1 Å². The molecule has 0 saturated carbocycles. The molecule has 0 aliphatic carbocycles. The Morgan fingerprint density at radius 3 is 2.17 bits per heavy atom. The van der Waals surface area contributed by atoms with Gasteiger partial charge >= 0.3 is 0 Å². The van der Waals surface area contributed by atoms with Gasteiger partial charge < -0.3 is 0 Å². The summed E-state index contributed by atoms with van der Waals surface area (Å²) >= 11 is 17.2. The molecule has 92 valence electrons. The molecule has 0 atom stereocenters. The molecule has 0 fully saturated rings. The molecular formula is C13H6Cl3FO. The van der Waals surface area contributed by atoms with Crippen LogP contribution in [0.2, 0.25) is 10.0 Å². The van der Waals surface area contributed by atoms with Crippen LogP contribution < -0.4 is 0 Å². The van der Waals surface area contributed by atoms with Crippen LogP contribution in [0.1, 0.15) is 10.4 Å². The third-order valence-corrected chi connectivity index (χ3v) is 3.01. The van der Waals surface area contributed by atoms with E-state index in [2.05, 4.69) is 0 Å². The van der Waals surface area contributed by atoms with Crippen LogP contribution in [0.3, 0.4) is 0 Å². The molecule has 0 N–H and O–H groups in total. The van der Waals surface area contributed by atoms with Gasteiger partial charge in [0.25, 0.3) is 5.24 Å². The van der Waals surface area contributed by atoms with Gasteiger partial charge in [0.15, 0.2) is 0 Å². The van der Waals surface area contributed by atoms with Gasteiger partial charge in [-0.3, -0.25) is 4.79 Å². The summed E-state index contributed by atoms with van der Waals surface area (Å²) in [5, 5.41) is 0.116. The maximum atomic E-state index is 13.1. The summed E-state index contributed by atoms with van der Waals surface area (Å²) in [7, 11) is 0. The number of hydrogen-bond donors (Lipinski definition) is 0. The van der Waals surface area contributed by atoms with Crippen molar-refractivity contribution in [2.75, 3.05) is 0 Å². The van der Waals surface area contributed by atoms with E-state index in [9.17, 15) is 9.18 Å². The van der Waals surface area contributed by atoms with Crippen LogP contribution in [0.25, 0.3) is 11.1 Å². The Labute approximate surface area is 118 Å². The van der Waals surface area contributed by atoms with E-state index in [0.29, 0.717) is 21.2 Å². The predicted molar refractivity (Wildman–Crippen MR) is 72.0 cm³/mol. The first kappa shape index (κ1) is 13.3. The van der Waals surface area contributed by atoms with E-state index in [-0.39, 0.29) is 5.56 Å². The van der Waals surface area contributed by atoms with Gasteiger partial charge in [0, 0.05) is 15.6 Å². The van der Waals surface area contributed by atoms with Gasteiger partial charge in [-0.05, 0) is 53.1 Å². The normalized spacial score (nSPS) is 10.4. The molecule has 2 aromatic carbocycles. The summed E-state index contributed by atoms with van der Waals surface area (Å²) in [6.07, 6.45) is 0. The zero-order chi connectivity index (χ0) is 13.3. The molecule has 0 bridgehead atoms. The zero-order valence-electron chi connectivity index (χ0n) is 8.88. The molecular weight excluding hydrogens is 297 g/mol. The van der Waals surface area contributed by atoms with Crippen LogP contribution in [0.4, 0.5) is 4.39 Å². The van der Waals surface area contributed by atoms with E-state index < -0.39 is 11.1 Å². The van der Waals surface area contributed by atoms with Crippen molar-refractivity contribution in [1.29, 1.82) is 0 Å². The monoisotopic (exact) mass is 302 g/mol. The summed E-state index contributed by atoms with van der Waals surface area (Å²) in [6.45, 7) is 0. The average Bonchev–Trinajstić information content (AvgIpc) is 2.27. The smallest absolute Gasteiger partial charge is 0.253 e. The quantitative estimate of drug-likeness (QED) is 0.699. The van der Waals surface area contributed by atoms with Crippen LogP contribution in [-0.4, -0.2) is 5.24 Å². The minimum Gasteiger partial charge on any atom is -0.276 e. The minimum atomic E-state index is -0.736. The lowest BCUT2D eigenvalue weighted by Crippen LogP contribution is -1.95.